The molecule has 156 valence electrons. The number of rotatable bonds is 8. The fourth-order valence-corrected chi connectivity index (χ4v) is 3.33. The summed E-state index contributed by atoms with van der Waals surface area (Å²) in [6.45, 7) is 8.99. The van der Waals surface area contributed by atoms with Gasteiger partial charge in [0.2, 0.25) is 11.8 Å². The molecule has 0 aromatic heterocycles. The Morgan fingerprint density at radius 3 is 2.50 bits per heavy atom. The van der Waals surface area contributed by atoms with E-state index >= 15 is 0 Å². The number of methoxy groups -OCH3 is 1. The van der Waals surface area contributed by atoms with Crippen LogP contribution in [0.4, 0.5) is 0 Å². The molecule has 1 aromatic carbocycles. The third-order valence-corrected chi connectivity index (χ3v) is 5.09. The number of ether oxygens (including phenoxy) is 1. The maximum atomic E-state index is 12.2. The number of hydrogen-bond acceptors (Lipinski definition) is 4. The van der Waals surface area contributed by atoms with Crippen molar-refractivity contribution < 1.29 is 14.3 Å². The van der Waals surface area contributed by atoms with Crippen molar-refractivity contribution in [3.05, 3.63) is 29.8 Å². The second kappa shape index (κ2) is 10.5. The van der Waals surface area contributed by atoms with Gasteiger partial charge in [0.1, 0.15) is 5.75 Å². The molecule has 2 N–H and O–H groups in total. The summed E-state index contributed by atoms with van der Waals surface area (Å²) in [6.07, 6.45) is 3.04. The highest BCUT2D eigenvalue weighted by molar-refractivity contribution is 5.81. The van der Waals surface area contributed by atoms with Crippen LogP contribution in [0.1, 0.15) is 52.0 Å². The van der Waals surface area contributed by atoms with Crippen LogP contribution in [0.5, 0.6) is 5.75 Å². The number of para-hydroxylation sites is 1. The Labute approximate surface area is 169 Å². The SMILES string of the molecule is COc1ccccc1CN1CCC(NC(=O)CCCNC(=O)C(C)(C)C)CC1. The monoisotopic (exact) mass is 389 g/mol. The second-order valence-corrected chi connectivity index (χ2v) is 8.54. The summed E-state index contributed by atoms with van der Waals surface area (Å²) in [5.74, 6) is 1.03. The molecule has 0 saturated carbocycles. The van der Waals surface area contributed by atoms with Gasteiger partial charge in [-0.3, -0.25) is 14.5 Å². The van der Waals surface area contributed by atoms with Crippen molar-refractivity contribution in [2.24, 2.45) is 5.41 Å². The molecule has 0 spiro atoms. The lowest BCUT2D eigenvalue weighted by Gasteiger charge is -2.32. The molecule has 6 nitrogen and oxygen atoms in total. The number of likely N-dealkylation sites (tertiary alicyclic amines) is 1. The van der Waals surface area contributed by atoms with Crippen LogP contribution in [0.3, 0.4) is 0 Å². The molecule has 1 aliphatic rings. The summed E-state index contributed by atoms with van der Waals surface area (Å²) in [4.78, 5) is 26.4. The lowest BCUT2D eigenvalue weighted by molar-refractivity contribution is -0.128. The first-order chi connectivity index (χ1) is 13.3. The van der Waals surface area contributed by atoms with Crippen LogP contribution in [-0.2, 0) is 16.1 Å². The lowest BCUT2D eigenvalue weighted by Crippen LogP contribution is -2.44. The molecule has 2 amide bonds. The lowest BCUT2D eigenvalue weighted by atomic mass is 9.96. The van der Waals surface area contributed by atoms with Gasteiger partial charge in [-0.15, -0.1) is 0 Å². The van der Waals surface area contributed by atoms with Crippen LogP contribution in [-0.4, -0.2) is 49.5 Å². The van der Waals surface area contributed by atoms with Gasteiger partial charge in [-0.1, -0.05) is 39.0 Å². The van der Waals surface area contributed by atoms with Gasteiger partial charge in [0, 0.05) is 49.6 Å². The smallest absolute Gasteiger partial charge is 0.225 e. The van der Waals surface area contributed by atoms with Crippen LogP contribution < -0.4 is 15.4 Å². The molecule has 1 aromatic rings. The Balaban J connectivity index is 1.64. The molecule has 0 radical (unpaired) electrons. The summed E-state index contributed by atoms with van der Waals surface area (Å²) in [5, 5.41) is 6.03. The van der Waals surface area contributed by atoms with Crippen LogP contribution >= 0.6 is 0 Å². The summed E-state index contributed by atoms with van der Waals surface area (Å²) in [6, 6.07) is 8.36. The Morgan fingerprint density at radius 1 is 1.18 bits per heavy atom. The van der Waals surface area contributed by atoms with Gasteiger partial charge in [-0.2, -0.15) is 0 Å². The van der Waals surface area contributed by atoms with E-state index in [4.69, 9.17) is 4.74 Å². The van der Waals surface area contributed by atoms with Crippen molar-refractivity contribution in [1.29, 1.82) is 0 Å². The molecular formula is C22H35N3O3. The standard InChI is InChI=1S/C22H35N3O3/c1-22(2,3)21(27)23-13-7-10-20(26)24-18-11-14-25(15-12-18)16-17-8-5-6-9-19(17)28-4/h5-6,8-9,18H,7,10-16H2,1-4H3,(H,23,27)(H,24,26). The van der Waals surface area contributed by atoms with E-state index in [1.165, 1.54) is 5.56 Å². The number of benzene rings is 1. The van der Waals surface area contributed by atoms with Gasteiger partial charge in [0.25, 0.3) is 0 Å². The maximum absolute atomic E-state index is 12.2. The summed E-state index contributed by atoms with van der Waals surface area (Å²) < 4.78 is 5.43. The number of piperidine rings is 1. The summed E-state index contributed by atoms with van der Waals surface area (Å²) in [7, 11) is 1.70. The zero-order valence-electron chi connectivity index (χ0n) is 17.7. The van der Waals surface area contributed by atoms with Gasteiger partial charge >= 0.3 is 0 Å². The highest BCUT2D eigenvalue weighted by Gasteiger charge is 2.22. The average molecular weight is 390 g/mol. The number of carbonyl (C=O) groups is 2. The first-order valence-electron chi connectivity index (χ1n) is 10.2. The minimum atomic E-state index is -0.389. The van der Waals surface area contributed by atoms with Crippen LogP contribution in [0.2, 0.25) is 0 Å². The number of nitrogens with zero attached hydrogens (tertiary/aromatic N) is 1. The summed E-state index contributed by atoms with van der Waals surface area (Å²) >= 11 is 0. The predicted molar refractivity (Wildman–Crippen MR) is 111 cm³/mol. The third kappa shape index (κ3) is 7.15. The largest absolute Gasteiger partial charge is 0.496 e. The molecule has 1 aliphatic heterocycles. The predicted octanol–water partition coefficient (Wildman–Crippen LogP) is 2.72. The first-order valence-corrected chi connectivity index (χ1v) is 10.2. The van der Waals surface area contributed by atoms with E-state index < -0.39 is 0 Å². The normalized spacial score (nSPS) is 15.9. The Hall–Kier alpha value is -2.08. The number of hydrogen-bond donors (Lipinski definition) is 2. The van der Waals surface area contributed by atoms with Crippen LogP contribution in [0.25, 0.3) is 0 Å². The molecular weight excluding hydrogens is 354 g/mol. The van der Waals surface area contributed by atoms with E-state index in [1.54, 1.807) is 7.11 Å². The summed E-state index contributed by atoms with van der Waals surface area (Å²) in [5.41, 5.74) is 0.810. The van der Waals surface area contributed by atoms with Gasteiger partial charge < -0.3 is 15.4 Å². The van der Waals surface area contributed by atoms with Crippen molar-refractivity contribution in [2.45, 2.75) is 59.0 Å². The van der Waals surface area contributed by atoms with Gasteiger partial charge in [-0.05, 0) is 25.3 Å². The molecule has 1 fully saturated rings. The molecule has 2 rings (SSSR count). The van der Waals surface area contributed by atoms with Crippen molar-refractivity contribution >= 4 is 11.8 Å². The van der Waals surface area contributed by atoms with E-state index in [0.717, 1.165) is 38.2 Å². The topological polar surface area (TPSA) is 70.7 Å². The maximum Gasteiger partial charge on any atom is 0.225 e. The molecule has 1 saturated heterocycles. The molecule has 0 bridgehead atoms. The zero-order valence-corrected chi connectivity index (χ0v) is 17.7. The van der Waals surface area contributed by atoms with E-state index in [2.05, 4.69) is 21.6 Å². The molecule has 6 heteroatoms. The number of amides is 2. The minimum absolute atomic E-state index is 0.0235. The van der Waals surface area contributed by atoms with Gasteiger partial charge in [0.05, 0.1) is 7.11 Å². The highest BCUT2D eigenvalue weighted by Crippen LogP contribution is 2.21. The number of carbonyl (C=O) groups excluding carboxylic acids is 2. The molecule has 1 heterocycles. The van der Waals surface area contributed by atoms with Crippen LogP contribution in [0, 0.1) is 5.41 Å². The average Bonchev–Trinajstić information content (AvgIpc) is 2.66. The van der Waals surface area contributed by atoms with E-state index in [0.29, 0.717) is 19.4 Å². The van der Waals surface area contributed by atoms with Crippen LogP contribution in [0.15, 0.2) is 24.3 Å². The number of nitrogens with one attached hydrogen (secondary N) is 2. The highest BCUT2D eigenvalue weighted by atomic mass is 16.5. The molecule has 0 unspecified atom stereocenters. The third-order valence-electron chi connectivity index (χ3n) is 5.09. The molecule has 0 atom stereocenters. The van der Waals surface area contributed by atoms with E-state index in [1.807, 2.05) is 39.0 Å². The van der Waals surface area contributed by atoms with Gasteiger partial charge in [-0.25, -0.2) is 0 Å². The minimum Gasteiger partial charge on any atom is -0.496 e. The van der Waals surface area contributed by atoms with Crippen molar-refractivity contribution in [3.8, 4) is 5.75 Å². The Kier molecular flexibility index (Phi) is 8.30. The van der Waals surface area contributed by atoms with E-state index in [-0.39, 0.29) is 23.3 Å². The zero-order chi connectivity index (χ0) is 20.6. The van der Waals surface area contributed by atoms with Crippen molar-refractivity contribution in [3.63, 3.8) is 0 Å². The quantitative estimate of drug-likeness (QED) is 0.671. The van der Waals surface area contributed by atoms with Gasteiger partial charge in [0.15, 0.2) is 0 Å². The molecule has 0 aliphatic carbocycles. The van der Waals surface area contributed by atoms with Crippen molar-refractivity contribution in [2.75, 3.05) is 26.7 Å². The first kappa shape index (κ1) is 22.2. The van der Waals surface area contributed by atoms with E-state index in [9.17, 15) is 9.59 Å². The Morgan fingerprint density at radius 2 is 1.86 bits per heavy atom. The Bertz CT molecular complexity index is 647. The van der Waals surface area contributed by atoms with Crippen molar-refractivity contribution in [1.82, 2.24) is 15.5 Å². The molecule has 28 heavy (non-hydrogen) atoms. The fraction of sp³-hybridized carbons (Fsp3) is 0.636. The second-order valence-electron chi connectivity index (χ2n) is 8.54. The fourth-order valence-electron chi connectivity index (χ4n) is 3.33.